The van der Waals surface area contributed by atoms with Gasteiger partial charge in [0.05, 0.1) is 12.3 Å². The molecule has 0 saturated heterocycles. The predicted molar refractivity (Wildman–Crippen MR) is 52.0 cm³/mol. The van der Waals surface area contributed by atoms with Crippen LogP contribution in [0.4, 0.5) is 0 Å². The number of carboxylic acid groups (broad SMARTS) is 1. The van der Waals surface area contributed by atoms with Crippen LogP contribution >= 0.6 is 0 Å². The summed E-state index contributed by atoms with van der Waals surface area (Å²) in [4.78, 5) is 26.0. The largest absolute Gasteiger partial charge is 0.480 e. The summed E-state index contributed by atoms with van der Waals surface area (Å²) in [6, 6.07) is -1.35. The summed E-state index contributed by atoms with van der Waals surface area (Å²) in [5.41, 5.74) is 0.372. The molecule has 1 amide bonds. The molecule has 0 radical (unpaired) electrons. The van der Waals surface area contributed by atoms with Crippen molar-refractivity contribution in [2.24, 2.45) is 0 Å². The lowest BCUT2D eigenvalue weighted by Gasteiger charge is -2.09. The third kappa shape index (κ3) is 2.57. The third-order valence-electron chi connectivity index (χ3n) is 1.90. The monoisotopic (exact) mass is 228 g/mol. The van der Waals surface area contributed by atoms with E-state index in [4.69, 9.17) is 14.6 Å². The normalized spacial score (nSPS) is 12.2. The number of rotatable bonds is 4. The zero-order valence-electron chi connectivity index (χ0n) is 8.85. The highest BCUT2D eigenvalue weighted by Crippen LogP contribution is 2.09. The number of amides is 1. The predicted octanol–water partition coefficient (Wildman–Crippen LogP) is -0.533. The fraction of sp³-hybridized carbons (Fsp3) is 0.444. The first-order valence-electron chi connectivity index (χ1n) is 4.54. The number of hydrogen-bond donors (Lipinski definition) is 3. The number of aromatic nitrogens is 1. The van der Waals surface area contributed by atoms with Crippen LogP contribution in [0.1, 0.15) is 22.1 Å². The summed E-state index contributed by atoms with van der Waals surface area (Å²) < 4.78 is 5.00. The molecule has 16 heavy (non-hydrogen) atoms. The number of aryl methyl sites for hydroxylation is 2. The summed E-state index contributed by atoms with van der Waals surface area (Å²) in [6.45, 7) is 2.46. The van der Waals surface area contributed by atoms with Crippen molar-refractivity contribution in [1.82, 2.24) is 10.3 Å². The third-order valence-corrected chi connectivity index (χ3v) is 1.90. The topological polar surface area (TPSA) is 113 Å². The second kappa shape index (κ2) is 4.75. The van der Waals surface area contributed by atoms with E-state index < -0.39 is 24.5 Å². The first-order chi connectivity index (χ1) is 7.45. The van der Waals surface area contributed by atoms with E-state index in [0.717, 1.165) is 0 Å². The molecule has 0 unspecified atom stereocenters. The molecule has 0 aliphatic carbocycles. The van der Waals surface area contributed by atoms with Crippen molar-refractivity contribution in [2.75, 3.05) is 6.61 Å². The van der Waals surface area contributed by atoms with Gasteiger partial charge in [-0.3, -0.25) is 4.79 Å². The maximum absolute atomic E-state index is 11.5. The SMILES string of the molecule is Cc1nc(C)c(C(=O)N[C@H](CO)C(=O)O)o1. The summed E-state index contributed by atoms with van der Waals surface area (Å²) in [5, 5.41) is 19.5. The number of oxazole rings is 1. The summed E-state index contributed by atoms with van der Waals surface area (Å²) in [6.07, 6.45) is 0. The molecular formula is C9H12N2O5. The molecular weight excluding hydrogens is 216 g/mol. The smallest absolute Gasteiger partial charge is 0.328 e. The van der Waals surface area contributed by atoms with E-state index in [9.17, 15) is 9.59 Å². The van der Waals surface area contributed by atoms with E-state index in [0.29, 0.717) is 11.6 Å². The van der Waals surface area contributed by atoms with Gasteiger partial charge in [-0.05, 0) is 6.92 Å². The Morgan fingerprint density at radius 2 is 2.12 bits per heavy atom. The zero-order chi connectivity index (χ0) is 12.3. The van der Waals surface area contributed by atoms with Crippen molar-refractivity contribution in [3.05, 3.63) is 17.3 Å². The molecule has 1 rings (SSSR count). The second-order valence-electron chi connectivity index (χ2n) is 3.19. The molecule has 3 N–H and O–H groups in total. The molecule has 0 bridgehead atoms. The minimum absolute atomic E-state index is 0.0443. The van der Waals surface area contributed by atoms with E-state index in [1.807, 2.05) is 0 Å². The van der Waals surface area contributed by atoms with Crippen molar-refractivity contribution in [3.63, 3.8) is 0 Å². The lowest BCUT2D eigenvalue weighted by Crippen LogP contribution is -2.43. The van der Waals surface area contributed by atoms with Gasteiger partial charge in [0, 0.05) is 6.92 Å². The Morgan fingerprint density at radius 1 is 1.50 bits per heavy atom. The summed E-state index contributed by atoms with van der Waals surface area (Å²) in [5.74, 6) is -1.75. The Kier molecular flexibility index (Phi) is 3.62. The van der Waals surface area contributed by atoms with Gasteiger partial charge in [0.15, 0.2) is 11.9 Å². The van der Waals surface area contributed by atoms with Gasteiger partial charge in [0.1, 0.15) is 0 Å². The van der Waals surface area contributed by atoms with E-state index in [1.165, 1.54) is 0 Å². The van der Waals surface area contributed by atoms with Crippen LogP contribution in [0.25, 0.3) is 0 Å². The molecule has 0 spiro atoms. The van der Waals surface area contributed by atoms with Gasteiger partial charge in [-0.15, -0.1) is 0 Å². The first-order valence-corrected chi connectivity index (χ1v) is 4.54. The number of aliphatic hydroxyl groups is 1. The summed E-state index contributed by atoms with van der Waals surface area (Å²) in [7, 11) is 0. The average Bonchev–Trinajstić information content (AvgIpc) is 2.53. The minimum atomic E-state index is -1.35. The molecule has 0 aromatic carbocycles. The molecule has 1 atom stereocenters. The van der Waals surface area contributed by atoms with Crippen LogP contribution in [-0.4, -0.2) is 39.7 Å². The van der Waals surface area contributed by atoms with Crippen molar-refractivity contribution in [1.29, 1.82) is 0 Å². The van der Waals surface area contributed by atoms with Crippen molar-refractivity contribution in [2.45, 2.75) is 19.9 Å². The van der Waals surface area contributed by atoms with Crippen LogP contribution in [0.5, 0.6) is 0 Å². The molecule has 1 aromatic rings. The zero-order valence-corrected chi connectivity index (χ0v) is 8.85. The molecule has 0 aliphatic rings. The van der Waals surface area contributed by atoms with Gasteiger partial charge in [-0.25, -0.2) is 9.78 Å². The average molecular weight is 228 g/mol. The molecule has 0 saturated carbocycles. The number of aliphatic hydroxyl groups excluding tert-OH is 1. The quantitative estimate of drug-likeness (QED) is 0.638. The van der Waals surface area contributed by atoms with Gasteiger partial charge < -0.3 is 19.9 Å². The number of nitrogens with one attached hydrogen (secondary N) is 1. The Morgan fingerprint density at radius 3 is 2.50 bits per heavy atom. The number of carbonyl (C=O) groups excluding carboxylic acids is 1. The van der Waals surface area contributed by atoms with Crippen LogP contribution in [0.2, 0.25) is 0 Å². The van der Waals surface area contributed by atoms with Crippen LogP contribution in [0, 0.1) is 13.8 Å². The summed E-state index contributed by atoms with van der Waals surface area (Å²) >= 11 is 0. The highest BCUT2D eigenvalue weighted by Gasteiger charge is 2.23. The standard InChI is InChI=1S/C9H12N2O5/c1-4-7(16-5(2)10-4)8(13)11-6(3-12)9(14)15/h6,12H,3H2,1-2H3,(H,11,13)(H,14,15)/t6-/m1/s1. The van der Waals surface area contributed by atoms with Crippen LogP contribution in [-0.2, 0) is 4.79 Å². The van der Waals surface area contributed by atoms with E-state index in [1.54, 1.807) is 13.8 Å². The second-order valence-corrected chi connectivity index (χ2v) is 3.19. The lowest BCUT2D eigenvalue weighted by molar-refractivity contribution is -0.140. The Hall–Kier alpha value is -1.89. The van der Waals surface area contributed by atoms with E-state index in [2.05, 4.69) is 10.3 Å². The first kappa shape index (κ1) is 12.2. The van der Waals surface area contributed by atoms with Gasteiger partial charge >= 0.3 is 5.97 Å². The molecule has 0 fully saturated rings. The molecule has 1 heterocycles. The Bertz CT molecular complexity index is 412. The van der Waals surface area contributed by atoms with Crippen molar-refractivity contribution in [3.8, 4) is 0 Å². The fourth-order valence-electron chi connectivity index (χ4n) is 1.15. The van der Waals surface area contributed by atoms with Gasteiger partial charge in [-0.2, -0.15) is 0 Å². The van der Waals surface area contributed by atoms with Crippen LogP contribution in [0.3, 0.4) is 0 Å². The minimum Gasteiger partial charge on any atom is -0.480 e. The Labute approximate surface area is 91.1 Å². The highest BCUT2D eigenvalue weighted by atomic mass is 16.4. The van der Waals surface area contributed by atoms with Crippen LogP contribution in [0.15, 0.2) is 4.42 Å². The highest BCUT2D eigenvalue weighted by molar-refractivity contribution is 5.95. The van der Waals surface area contributed by atoms with E-state index in [-0.39, 0.29) is 5.76 Å². The molecule has 88 valence electrons. The van der Waals surface area contributed by atoms with Gasteiger partial charge in [0.25, 0.3) is 5.91 Å². The molecule has 0 aliphatic heterocycles. The number of aliphatic carboxylic acids is 1. The van der Waals surface area contributed by atoms with Crippen molar-refractivity contribution >= 4 is 11.9 Å². The number of hydrogen-bond acceptors (Lipinski definition) is 5. The Balaban J connectivity index is 2.79. The number of carboxylic acids is 1. The van der Waals surface area contributed by atoms with Crippen molar-refractivity contribution < 1.29 is 24.2 Å². The molecule has 7 heteroatoms. The molecule has 7 nitrogen and oxygen atoms in total. The van der Waals surface area contributed by atoms with Gasteiger partial charge in [0.2, 0.25) is 5.76 Å². The van der Waals surface area contributed by atoms with Gasteiger partial charge in [-0.1, -0.05) is 0 Å². The maximum Gasteiger partial charge on any atom is 0.328 e. The lowest BCUT2D eigenvalue weighted by atomic mass is 10.3. The van der Waals surface area contributed by atoms with E-state index >= 15 is 0 Å². The fourth-order valence-corrected chi connectivity index (χ4v) is 1.15. The number of nitrogens with zero attached hydrogens (tertiary/aromatic N) is 1. The van der Waals surface area contributed by atoms with Crippen LogP contribution < -0.4 is 5.32 Å². The number of carbonyl (C=O) groups is 2. The maximum atomic E-state index is 11.5. The molecule has 1 aromatic heterocycles.